The van der Waals surface area contributed by atoms with E-state index in [1.165, 1.54) is 0 Å². The first kappa shape index (κ1) is 26.5. The van der Waals surface area contributed by atoms with E-state index in [0.29, 0.717) is 13.0 Å². The fraction of sp³-hybridized carbons (Fsp3) is 1.00. The van der Waals surface area contributed by atoms with E-state index < -0.39 is 30.8 Å². The van der Waals surface area contributed by atoms with E-state index in [2.05, 4.69) is 59.7 Å². The van der Waals surface area contributed by atoms with E-state index in [1.54, 1.807) is 0 Å². The number of rotatable bonds is 13. The van der Waals surface area contributed by atoms with Crippen molar-refractivity contribution in [2.24, 2.45) is 0 Å². The van der Waals surface area contributed by atoms with E-state index in [9.17, 15) is 5.11 Å². The van der Waals surface area contributed by atoms with Crippen LogP contribution in [0.2, 0.25) is 51.9 Å². The Labute approximate surface area is 166 Å². The molecule has 4 nitrogen and oxygen atoms in total. The minimum Gasteiger partial charge on any atom is -0.437 e. The highest BCUT2D eigenvalue weighted by Crippen LogP contribution is 2.28. The van der Waals surface area contributed by atoms with Gasteiger partial charge in [0.05, 0.1) is 17.8 Å². The first-order chi connectivity index (χ1) is 11.4. The Balaban J connectivity index is 4.63. The van der Waals surface area contributed by atoms with Crippen molar-refractivity contribution in [3.63, 3.8) is 0 Å². The van der Waals surface area contributed by atoms with Crippen molar-refractivity contribution in [3.8, 4) is 0 Å². The van der Waals surface area contributed by atoms with Gasteiger partial charge < -0.3 is 18.1 Å². The van der Waals surface area contributed by atoms with Gasteiger partial charge >= 0.3 is 8.56 Å². The summed E-state index contributed by atoms with van der Waals surface area (Å²) in [5, 5.41) is 10.1. The van der Waals surface area contributed by atoms with Crippen molar-refractivity contribution in [2.75, 3.05) is 6.61 Å². The third-order valence-corrected chi connectivity index (χ3v) is 14.0. The summed E-state index contributed by atoms with van der Waals surface area (Å²) in [6.07, 6.45) is 3.46. The van der Waals surface area contributed by atoms with Crippen LogP contribution in [0.5, 0.6) is 0 Å². The van der Waals surface area contributed by atoms with Crippen LogP contribution in [0.4, 0.5) is 0 Å². The SMILES string of the molecule is CCC(C)(O)CCOC(C)(C)CCC[Si](C)(O[Si](C)(C)C)O[Si](C)(C)C. The lowest BCUT2D eigenvalue weighted by Gasteiger charge is -2.39. The van der Waals surface area contributed by atoms with Crippen LogP contribution in [0, 0.1) is 0 Å². The lowest BCUT2D eigenvalue weighted by atomic mass is 9.99. The molecule has 1 N–H and O–H groups in total. The molecule has 0 radical (unpaired) electrons. The van der Waals surface area contributed by atoms with Crippen molar-refractivity contribution in [3.05, 3.63) is 0 Å². The Hall–Kier alpha value is 0.491. The average molecular weight is 423 g/mol. The van der Waals surface area contributed by atoms with Crippen LogP contribution in [-0.2, 0) is 13.0 Å². The van der Waals surface area contributed by atoms with Crippen molar-refractivity contribution in [1.29, 1.82) is 0 Å². The molecule has 0 aromatic rings. The minimum absolute atomic E-state index is 0.183. The summed E-state index contributed by atoms with van der Waals surface area (Å²) in [5.41, 5.74) is -0.810. The first-order valence-electron chi connectivity index (χ1n) is 10.2. The topological polar surface area (TPSA) is 47.9 Å². The van der Waals surface area contributed by atoms with E-state index >= 15 is 0 Å². The molecule has 0 aliphatic carbocycles. The number of hydrogen-bond acceptors (Lipinski definition) is 4. The summed E-state index contributed by atoms with van der Waals surface area (Å²) in [7, 11) is -5.43. The van der Waals surface area contributed by atoms with Gasteiger partial charge in [-0.15, -0.1) is 0 Å². The molecule has 0 heterocycles. The number of ether oxygens (including phenoxy) is 1. The fourth-order valence-corrected chi connectivity index (χ4v) is 15.6. The van der Waals surface area contributed by atoms with Gasteiger partial charge in [0.25, 0.3) is 0 Å². The first-order valence-corrected chi connectivity index (χ1v) is 19.5. The zero-order chi connectivity index (χ0) is 20.9. The standard InChI is InChI=1S/C19H46O4Si3/c1-12-19(4,20)15-16-21-18(2,3)14-13-17-26(11,22-24(5,6)7)23-25(8,9)10/h20H,12-17H2,1-11H3. The Kier molecular flexibility index (Phi) is 9.99. The van der Waals surface area contributed by atoms with Crippen LogP contribution in [0.3, 0.4) is 0 Å². The number of aliphatic hydroxyl groups is 1. The summed E-state index contributed by atoms with van der Waals surface area (Å²) in [4.78, 5) is 0. The van der Waals surface area contributed by atoms with Crippen molar-refractivity contribution in [1.82, 2.24) is 0 Å². The molecule has 0 fully saturated rings. The maximum absolute atomic E-state index is 10.1. The summed E-state index contributed by atoms with van der Waals surface area (Å²) < 4.78 is 19.2. The third kappa shape index (κ3) is 13.6. The molecule has 0 bridgehead atoms. The molecule has 0 aliphatic rings. The van der Waals surface area contributed by atoms with Crippen LogP contribution >= 0.6 is 0 Å². The van der Waals surface area contributed by atoms with Gasteiger partial charge in [0, 0.05) is 0 Å². The van der Waals surface area contributed by atoms with Gasteiger partial charge in [-0.3, -0.25) is 0 Å². The minimum atomic E-state index is -2.16. The van der Waals surface area contributed by atoms with Gasteiger partial charge in [-0.05, 0) is 98.3 Å². The molecule has 0 aliphatic heterocycles. The molecule has 7 heteroatoms. The molecule has 0 saturated carbocycles. The van der Waals surface area contributed by atoms with Crippen LogP contribution < -0.4 is 0 Å². The van der Waals surface area contributed by atoms with E-state index in [1.807, 2.05) is 13.8 Å². The summed E-state index contributed by atoms with van der Waals surface area (Å²) in [6.45, 7) is 24.5. The summed E-state index contributed by atoms with van der Waals surface area (Å²) >= 11 is 0. The van der Waals surface area contributed by atoms with Gasteiger partial charge in [0.2, 0.25) is 0 Å². The van der Waals surface area contributed by atoms with Gasteiger partial charge in [-0.2, -0.15) is 0 Å². The second-order valence-electron chi connectivity index (χ2n) is 10.6. The molecule has 158 valence electrons. The van der Waals surface area contributed by atoms with E-state index in [0.717, 1.165) is 25.3 Å². The Morgan fingerprint density at radius 1 is 0.808 bits per heavy atom. The van der Waals surface area contributed by atoms with Gasteiger partial charge in [-0.25, -0.2) is 0 Å². The van der Waals surface area contributed by atoms with E-state index in [-0.39, 0.29) is 5.60 Å². The zero-order valence-electron chi connectivity index (χ0n) is 19.4. The Bertz CT molecular complexity index is 396. The fourth-order valence-electron chi connectivity index (χ4n) is 3.05. The van der Waals surface area contributed by atoms with Crippen molar-refractivity contribution in [2.45, 2.75) is 116 Å². The maximum atomic E-state index is 10.1. The highest BCUT2D eigenvalue weighted by molar-refractivity contribution is 6.87. The maximum Gasteiger partial charge on any atom is 0.314 e. The molecular weight excluding hydrogens is 376 g/mol. The lowest BCUT2D eigenvalue weighted by Crippen LogP contribution is -2.52. The quantitative estimate of drug-likeness (QED) is 0.376. The molecular formula is C19H46O4Si3. The van der Waals surface area contributed by atoms with Gasteiger partial charge in [0.15, 0.2) is 16.6 Å². The van der Waals surface area contributed by atoms with E-state index in [4.69, 9.17) is 13.0 Å². The molecule has 1 atom stereocenters. The monoisotopic (exact) mass is 422 g/mol. The molecule has 0 spiro atoms. The molecule has 0 saturated heterocycles. The van der Waals surface area contributed by atoms with Crippen LogP contribution in [-0.4, -0.2) is 48.1 Å². The largest absolute Gasteiger partial charge is 0.437 e. The molecule has 1 unspecified atom stereocenters. The highest BCUT2D eigenvalue weighted by Gasteiger charge is 2.40. The zero-order valence-corrected chi connectivity index (χ0v) is 22.4. The number of hydrogen-bond donors (Lipinski definition) is 1. The van der Waals surface area contributed by atoms with Crippen LogP contribution in [0.15, 0.2) is 0 Å². The summed E-state index contributed by atoms with van der Waals surface area (Å²) in [6, 6.07) is 1.01. The Morgan fingerprint density at radius 2 is 1.27 bits per heavy atom. The smallest absolute Gasteiger partial charge is 0.314 e. The molecule has 0 aromatic heterocycles. The molecule has 0 rings (SSSR count). The highest BCUT2D eigenvalue weighted by atomic mass is 28.5. The van der Waals surface area contributed by atoms with Gasteiger partial charge in [-0.1, -0.05) is 6.92 Å². The average Bonchev–Trinajstić information content (AvgIpc) is 2.32. The Morgan fingerprint density at radius 3 is 1.65 bits per heavy atom. The van der Waals surface area contributed by atoms with Crippen molar-refractivity contribution < 1.29 is 18.1 Å². The third-order valence-electron chi connectivity index (χ3n) is 4.35. The predicted octanol–water partition coefficient (Wildman–Crippen LogP) is 5.89. The van der Waals surface area contributed by atoms with Crippen LogP contribution in [0.25, 0.3) is 0 Å². The molecule has 0 aromatic carbocycles. The van der Waals surface area contributed by atoms with Crippen molar-refractivity contribution >= 4 is 25.2 Å². The summed E-state index contributed by atoms with van der Waals surface area (Å²) in [5.74, 6) is 0. The normalized spacial score (nSPS) is 16.6. The lowest BCUT2D eigenvalue weighted by molar-refractivity contribution is -0.0554. The van der Waals surface area contributed by atoms with Crippen LogP contribution in [0.1, 0.15) is 53.4 Å². The second kappa shape index (κ2) is 9.80. The second-order valence-corrected chi connectivity index (χ2v) is 23.5. The van der Waals surface area contributed by atoms with Gasteiger partial charge in [0.1, 0.15) is 0 Å². The molecule has 0 amide bonds. The predicted molar refractivity (Wildman–Crippen MR) is 120 cm³/mol. The molecule has 26 heavy (non-hydrogen) atoms.